The summed E-state index contributed by atoms with van der Waals surface area (Å²) in [5, 5.41) is 1.58. The van der Waals surface area contributed by atoms with Crippen LogP contribution < -0.4 is 0 Å². The zero-order valence-electron chi connectivity index (χ0n) is 16.1. The Labute approximate surface area is 212 Å². The van der Waals surface area contributed by atoms with E-state index in [1.54, 1.807) is 24.3 Å². The average molecular weight is 557 g/mol. The Morgan fingerprint density at radius 1 is 0.774 bits per heavy atom. The minimum atomic E-state index is -2.90. The summed E-state index contributed by atoms with van der Waals surface area (Å²) in [7, 11) is -2.90. The van der Waals surface area contributed by atoms with Crippen LogP contribution in [0.4, 0.5) is 0 Å². The lowest BCUT2D eigenvalue weighted by atomic mass is 10.3. The first kappa shape index (κ1) is 24.9. The third-order valence-corrected chi connectivity index (χ3v) is 9.73. The standard InChI is InChI=1S/C22H16Cl6O2S/c1-2-6-20(29)30-31(15-7-4-3-5-8-15,21-16(25)9-13(23)10-17(21)26)22-18(27)11-14(24)12-19(22)28/h3-5,7-12H,2,6H2,1H3. The van der Waals surface area contributed by atoms with Crippen LogP contribution in [0.15, 0.2) is 69.3 Å². The van der Waals surface area contributed by atoms with Gasteiger partial charge < -0.3 is 4.18 Å². The van der Waals surface area contributed by atoms with Crippen molar-refractivity contribution in [1.29, 1.82) is 0 Å². The molecule has 164 valence electrons. The Morgan fingerprint density at radius 2 is 1.19 bits per heavy atom. The molecule has 0 aromatic heterocycles. The predicted molar refractivity (Wildman–Crippen MR) is 133 cm³/mol. The van der Waals surface area contributed by atoms with Gasteiger partial charge in [0.2, 0.25) is 0 Å². The first-order chi connectivity index (χ1) is 14.7. The molecule has 3 rings (SSSR count). The molecule has 0 bridgehead atoms. The molecule has 0 heterocycles. The molecule has 0 aliphatic carbocycles. The predicted octanol–water partition coefficient (Wildman–Crippen LogP) is 10.1. The number of carbonyl (C=O) groups excluding carboxylic acids is 1. The summed E-state index contributed by atoms with van der Waals surface area (Å²) in [6, 6.07) is 15.3. The second kappa shape index (κ2) is 10.4. The number of carbonyl (C=O) groups is 1. The van der Waals surface area contributed by atoms with Crippen molar-refractivity contribution in [2.75, 3.05) is 0 Å². The fraction of sp³-hybridized carbons (Fsp3) is 0.136. The second-order valence-corrected chi connectivity index (χ2v) is 11.5. The summed E-state index contributed by atoms with van der Waals surface area (Å²) < 4.78 is 6.26. The van der Waals surface area contributed by atoms with E-state index in [0.29, 0.717) is 31.2 Å². The molecule has 0 aliphatic heterocycles. The molecule has 9 heteroatoms. The number of halogens is 6. The molecule has 0 unspecified atom stereocenters. The third-order valence-electron chi connectivity index (χ3n) is 4.25. The summed E-state index contributed by atoms with van der Waals surface area (Å²) in [5.74, 6) is -0.439. The van der Waals surface area contributed by atoms with E-state index < -0.39 is 16.3 Å². The Hall–Kier alpha value is -0.780. The van der Waals surface area contributed by atoms with E-state index >= 15 is 0 Å². The molecule has 31 heavy (non-hydrogen) atoms. The van der Waals surface area contributed by atoms with Crippen molar-refractivity contribution in [3.05, 3.63) is 84.7 Å². The van der Waals surface area contributed by atoms with Gasteiger partial charge in [-0.05, 0) is 53.1 Å². The highest BCUT2D eigenvalue weighted by molar-refractivity contribution is 8.30. The Balaban J connectivity index is 2.52. The van der Waals surface area contributed by atoms with Gasteiger partial charge in [0.05, 0.1) is 29.9 Å². The molecule has 0 aliphatic rings. The topological polar surface area (TPSA) is 26.3 Å². The molecular weight excluding hydrogens is 541 g/mol. The molecule has 0 spiro atoms. The number of hydrogen-bond donors (Lipinski definition) is 0. The number of rotatable bonds is 6. The lowest BCUT2D eigenvalue weighted by Crippen LogP contribution is -2.15. The summed E-state index contributed by atoms with van der Waals surface area (Å²) in [4.78, 5) is 14.3. The van der Waals surface area contributed by atoms with Gasteiger partial charge in [-0.1, -0.05) is 94.7 Å². The molecule has 0 atom stereocenters. The SMILES string of the molecule is CCCC(=O)OS(c1ccccc1)(c1c(Cl)cc(Cl)cc1Cl)c1c(Cl)cc(Cl)cc1Cl. The van der Waals surface area contributed by atoms with Crippen molar-refractivity contribution in [3.63, 3.8) is 0 Å². The van der Waals surface area contributed by atoms with Gasteiger partial charge in [0.25, 0.3) is 0 Å². The quantitative estimate of drug-likeness (QED) is 0.302. The van der Waals surface area contributed by atoms with Crippen LogP contribution in [0.3, 0.4) is 0 Å². The smallest absolute Gasteiger partial charge is 0.317 e. The molecule has 0 radical (unpaired) electrons. The first-order valence-electron chi connectivity index (χ1n) is 9.10. The van der Waals surface area contributed by atoms with Crippen LogP contribution in [0.5, 0.6) is 0 Å². The first-order valence-corrected chi connectivity index (χ1v) is 12.9. The maximum atomic E-state index is 12.9. The number of hydrogen-bond acceptors (Lipinski definition) is 2. The highest BCUT2D eigenvalue weighted by atomic mass is 35.5. The van der Waals surface area contributed by atoms with Crippen LogP contribution in [0, 0.1) is 0 Å². The van der Waals surface area contributed by atoms with Crippen molar-refractivity contribution in [2.24, 2.45) is 0 Å². The van der Waals surface area contributed by atoms with Gasteiger partial charge in [0.1, 0.15) is 0 Å². The highest BCUT2D eigenvalue weighted by Crippen LogP contribution is 2.75. The van der Waals surface area contributed by atoms with E-state index in [9.17, 15) is 4.79 Å². The van der Waals surface area contributed by atoms with Crippen LogP contribution in [-0.2, 0) is 8.98 Å². The van der Waals surface area contributed by atoms with Crippen LogP contribution in [0.25, 0.3) is 0 Å². The van der Waals surface area contributed by atoms with Crippen LogP contribution in [-0.4, -0.2) is 5.97 Å². The minimum absolute atomic E-state index is 0.188. The monoisotopic (exact) mass is 554 g/mol. The van der Waals surface area contributed by atoms with E-state index in [2.05, 4.69) is 0 Å². The van der Waals surface area contributed by atoms with Gasteiger partial charge >= 0.3 is 5.97 Å². The number of benzene rings is 3. The molecule has 0 fully saturated rings. The van der Waals surface area contributed by atoms with Crippen LogP contribution >= 0.6 is 79.9 Å². The van der Waals surface area contributed by atoms with E-state index in [0.717, 1.165) is 0 Å². The molecular formula is C22H16Cl6O2S. The van der Waals surface area contributed by atoms with Crippen LogP contribution in [0.2, 0.25) is 30.1 Å². The van der Waals surface area contributed by atoms with E-state index in [1.807, 2.05) is 37.3 Å². The molecule has 3 aromatic carbocycles. The maximum Gasteiger partial charge on any atom is 0.317 e. The normalized spacial score (nSPS) is 12.0. The van der Waals surface area contributed by atoms with E-state index in [-0.39, 0.29) is 26.5 Å². The largest absolute Gasteiger partial charge is 0.402 e. The van der Waals surface area contributed by atoms with Gasteiger partial charge in [0, 0.05) is 21.4 Å². The molecule has 0 saturated carbocycles. The highest BCUT2D eigenvalue weighted by Gasteiger charge is 2.42. The zero-order valence-corrected chi connectivity index (χ0v) is 21.5. The fourth-order valence-corrected chi connectivity index (χ4v) is 9.19. The van der Waals surface area contributed by atoms with Crippen molar-refractivity contribution in [1.82, 2.24) is 0 Å². The maximum absolute atomic E-state index is 12.9. The van der Waals surface area contributed by atoms with Gasteiger partial charge in [-0.2, -0.15) is 0 Å². The van der Waals surface area contributed by atoms with Gasteiger partial charge in [0.15, 0.2) is 0 Å². The Bertz CT molecular complexity index is 1020. The Kier molecular flexibility index (Phi) is 8.37. The third kappa shape index (κ3) is 5.09. The molecule has 0 saturated heterocycles. The second-order valence-electron chi connectivity index (χ2n) is 6.47. The van der Waals surface area contributed by atoms with Gasteiger partial charge in [-0.25, -0.2) is 0 Å². The summed E-state index contributed by atoms with van der Waals surface area (Å²) >= 11 is 39.0. The molecule has 0 N–H and O–H groups in total. The van der Waals surface area contributed by atoms with E-state index in [4.69, 9.17) is 73.8 Å². The van der Waals surface area contributed by atoms with Gasteiger partial charge in [-0.3, -0.25) is 4.79 Å². The molecule has 3 aromatic rings. The fourth-order valence-electron chi connectivity index (χ4n) is 3.07. The average Bonchev–Trinajstić information content (AvgIpc) is 2.67. The minimum Gasteiger partial charge on any atom is -0.402 e. The Morgan fingerprint density at radius 3 is 1.58 bits per heavy atom. The summed E-state index contributed by atoms with van der Waals surface area (Å²) in [6.07, 6.45) is 0.778. The summed E-state index contributed by atoms with van der Waals surface area (Å²) in [5.41, 5.74) is 0. The zero-order chi connectivity index (χ0) is 22.8. The molecule has 2 nitrogen and oxygen atoms in total. The molecule has 0 amide bonds. The van der Waals surface area contributed by atoms with Crippen molar-refractivity contribution >= 4 is 85.9 Å². The summed E-state index contributed by atoms with van der Waals surface area (Å²) in [6.45, 7) is 1.88. The van der Waals surface area contributed by atoms with E-state index in [1.165, 1.54) is 0 Å². The van der Waals surface area contributed by atoms with Crippen molar-refractivity contribution in [3.8, 4) is 0 Å². The lowest BCUT2D eigenvalue weighted by molar-refractivity contribution is -0.133. The van der Waals surface area contributed by atoms with Gasteiger partial charge in [-0.15, -0.1) is 0 Å². The van der Waals surface area contributed by atoms with Crippen molar-refractivity contribution < 1.29 is 8.98 Å². The van der Waals surface area contributed by atoms with Crippen LogP contribution in [0.1, 0.15) is 19.8 Å². The lowest BCUT2D eigenvalue weighted by Gasteiger charge is -2.41. The van der Waals surface area contributed by atoms with Crippen molar-refractivity contribution in [2.45, 2.75) is 34.5 Å².